The molecular formula is C31H27O6P. The monoisotopic (exact) mass is 526 g/mol. The van der Waals surface area contributed by atoms with E-state index < -0.39 is 7.82 Å². The summed E-state index contributed by atoms with van der Waals surface area (Å²) in [4.78, 5) is 35.7. The van der Waals surface area contributed by atoms with Gasteiger partial charge in [0.15, 0.2) is 11.6 Å². The molecule has 0 saturated heterocycles. The fraction of sp³-hybridized carbons (Fsp3) is 0.161. The first-order chi connectivity index (χ1) is 18.3. The first-order valence-electron chi connectivity index (χ1n) is 12.5. The minimum atomic E-state index is -4.52. The molecule has 0 amide bonds. The standard InChI is InChI=1S/C31H27O6P/c1-2-31(20-21-31)26-14-8-23(9-15-26)30(33)25-12-18-28(19-13-25)37-38(34,35)36-27-16-10-24(11-17-27)29(32)22-6-4-3-5-7-22/h3-19H,2,20-21H2,1H3,(H,34,35). The van der Waals surface area contributed by atoms with Gasteiger partial charge in [-0.05, 0) is 78.8 Å². The molecule has 192 valence electrons. The summed E-state index contributed by atoms with van der Waals surface area (Å²) in [5.41, 5.74) is 3.54. The summed E-state index contributed by atoms with van der Waals surface area (Å²) in [6.07, 6.45) is 3.48. The third kappa shape index (κ3) is 5.62. The first kappa shape index (κ1) is 25.7. The average molecular weight is 527 g/mol. The summed E-state index contributed by atoms with van der Waals surface area (Å²) in [6.45, 7) is 2.19. The zero-order valence-electron chi connectivity index (χ0n) is 20.9. The minimum absolute atomic E-state index is 0.0757. The van der Waals surface area contributed by atoms with E-state index in [9.17, 15) is 19.0 Å². The van der Waals surface area contributed by atoms with Gasteiger partial charge in [-0.1, -0.05) is 61.5 Å². The number of benzene rings is 4. The number of carbonyl (C=O) groups excluding carboxylic acids is 2. The van der Waals surface area contributed by atoms with Crippen molar-refractivity contribution in [1.29, 1.82) is 0 Å². The Labute approximate surface area is 221 Å². The van der Waals surface area contributed by atoms with Gasteiger partial charge in [-0.2, -0.15) is 0 Å². The molecule has 38 heavy (non-hydrogen) atoms. The lowest BCUT2D eigenvalue weighted by Gasteiger charge is -2.14. The molecule has 0 aliphatic heterocycles. The van der Waals surface area contributed by atoms with E-state index in [4.69, 9.17) is 9.05 Å². The van der Waals surface area contributed by atoms with Gasteiger partial charge in [-0.25, -0.2) is 4.57 Å². The number of phosphoric acid groups is 1. The van der Waals surface area contributed by atoms with Crippen molar-refractivity contribution in [3.8, 4) is 11.5 Å². The predicted molar refractivity (Wildman–Crippen MR) is 145 cm³/mol. The molecule has 1 fully saturated rings. The first-order valence-corrected chi connectivity index (χ1v) is 14.0. The van der Waals surface area contributed by atoms with Crippen molar-refractivity contribution in [3.05, 3.63) is 131 Å². The fourth-order valence-corrected chi connectivity index (χ4v) is 5.33. The van der Waals surface area contributed by atoms with Crippen LogP contribution in [0.1, 0.15) is 63.6 Å². The van der Waals surface area contributed by atoms with Gasteiger partial charge in [0.2, 0.25) is 0 Å². The predicted octanol–water partition coefficient (Wildman–Crippen LogP) is 7.15. The number of rotatable bonds is 10. The van der Waals surface area contributed by atoms with Crippen LogP contribution in [0.25, 0.3) is 0 Å². The molecule has 7 heteroatoms. The summed E-state index contributed by atoms with van der Waals surface area (Å²) in [6, 6.07) is 28.5. The topological polar surface area (TPSA) is 89.9 Å². The van der Waals surface area contributed by atoms with Crippen molar-refractivity contribution >= 4 is 19.4 Å². The van der Waals surface area contributed by atoms with Gasteiger partial charge in [-0.15, -0.1) is 0 Å². The number of carbonyl (C=O) groups is 2. The van der Waals surface area contributed by atoms with E-state index in [2.05, 4.69) is 6.92 Å². The van der Waals surface area contributed by atoms with Crippen LogP contribution in [0.2, 0.25) is 0 Å². The van der Waals surface area contributed by atoms with Crippen LogP contribution in [0.3, 0.4) is 0 Å². The lowest BCUT2D eigenvalue weighted by atomic mass is 9.91. The van der Waals surface area contributed by atoms with E-state index in [0.717, 1.165) is 6.42 Å². The second-order valence-corrected chi connectivity index (χ2v) is 10.7. The molecule has 4 aromatic rings. The van der Waals surface area contributed by atoms with Gasteiger partial charge in [0.25, 0.3) is 0 Å². The third-order valence-electron chi connectivity index (χ3n) is 7.00. The molecule has 0 bridgehead atoms. The lowest BCUT2D eigenvalue weighted by molar-refractivity contribution is 0.103. The van der Waals surface area contributed by atoms with Gasteiger partial charge in [0.1, 0.15) is 11.5 Å². The Balaban J connectivity index is 1.20. The number of hydrogen-bond donors (Lipinski definition) is 1. The summed E-state index contributed by atoms with van der Waals surface area (Å²) >= 11 is 0. The largest absolute Gasteiger partial charge is 0.584 e. The maximum atomic E-state index is 12.9. The van der Waals surface area contributed by atoms with Gasteiger partial charge >= 0.3 is 7.82 Å². The molecule has 1 saturated carbocycles. The number of ketones is 2. The highest BCUT2D eigenvalue weighted by atomic mass is 31.2. The highest BCUT2D eigenvalue weighted by Crippen LogP contribution is 2.50. The van der Waals surface area contributed by atoms with Crippen LogP contribution in [0.15, 0.2) is 103 Å². The second kappa shape index (κ2) is 10.4. The molecule has 1 aliphatic carbocycles. The van der Waals surface area contributed by atoms with Crippen molar-refractivity contribution in [1.82, 2.24) is 0 Å². The summed E-state index contributed by atoms with van der Waals surface area (Å²) in [5.74, 6) is -0.152. The summed E-state index contributed by atoms with van der Waals surface area (Å²) in [7, 11) is -4.52. The minimum Gasteiger partial charge on any atom is -0.395 e. The zero-order chi connectivity index (χ0) is 26.8. The molecule has 1 aliphatic rings. The highest BCUT2D eigenvalue weighted by molar-refractivity contribution is 7.48. The van der Waals surface area contributed by atoms with Crippen molar-refractivity contribution in [3.63, 3.8) is 0 Å². The van der Waals surface area contributed by atoms with E-state index in [0.29, 0.717) is 22.3 Å². The van der Waals surface area contributed by atoms with Crippen LogP contribution in [0.5, 0.6) is 11.5 Å². The van der Waals surface area contributed by atoms with Crippen LogP contribution < -0.4 is 9.05 Å². The van der Waals surface area contributed by atoms with Crippen molar-refractivity contribution in [2.75, 3.05) is 0 Å². The number of phosphoric ester groups is 1. The Morgan fingerprint density at radius 1 is 0.684 bits per heavy atom. The number of hydrogen-bond acceptors (Lipinski definition) is 5. The molecular weight excluding hydrogens is 499 g/mol. The van der Waals surface area contributed by atoms with E-state index >= 15 is 0 Å². The van der Waals surface area contributed by atoms with Gasteiger partial charge in [0.05, 0.1) is 0 Å². The highest BCUT2D eigenvalue weighted by Gasteiger charge is 2.42. The second-order valence-electron chi connectivity index (χ2n) is 9.44. The quantitative estimate of drug-likeness (QED) is 0.174. The summed E-state index contributed by atoms with van der Waals surface area (Å²) in [5, 5.41) is 0. The Kier molecular flexibility index (Phi) is 7.02. The van der Waals surface area contributed by atoms with Crippen molar-refractivity contribution < 1.29 is 28.1 Å². The Morgan fingerprint density at radius 3 is 1.47 bits per heavy atom. The average Bonchev–Trinajstić information content (AvgIpc) is 3.75. The molecule has 0 heterocycles. The maximum Gasteiger partial charge on any atom is 0.584 e. The fourth-order valence-electron chi connectivity index (χ4n) is 4.51. The normalized spacial score (nSPS) is 15.2. The van der Waals surface area contributed by atoms with E-state index in [1.807, 2.05) is 30.3 Å². The Hall–Kier alpha value is -3.99. The van der Waals surface area contributed by atoms with Crippen LogP contribution >= 0.6 is 7.82 Å². The summed E-state index contributed by atoms with van der Waals surface area (Å²) < 4.78 is 22.9. The van der Waals surface area contributed by atoms with Crippen LogP contribution in [0, 0.1) is 0 Å². The van der Waals surface area contributed by atoms with Crippen molar-refractivity contribution in [2.24, 2.45) is 0 Å². The maximum absolute atomic E-state index is 12.9. The van der Waals surface area contributed by atoms with Crippen molar-refractivity contribution in [2.45, 2.75) is 31.6 Å². The van der Waals surface area contributed by atoms with Crippen LogP contribution in [-0.4, -0.2) is 16.5 Å². The third-order valence-corrected chi connectivity index (χ3v) is 7.88. The van der Waals surface area contributed by atoms with Gasteiger partial charge in [-0.3, -0.25) is 14.5 Å². The van der Waals surface area contributed by atoms with E-state index in [1.165, 1.54) is 54.8 Å². The molecule has 5 rings (SSSR count). The molecule has 6 nitrogen and oxygen atoms in total. The molecule has 0 radical (unpaired) electrons. The van der Waals surface area contributed by atoms with Gasteiger partial charge < -0.3 is 9.05 Å². The van der Waals surface area contributed by atoms with E-state index in [1.54, 1.807) is 36.4 Å². The molecule has 0 aromatic heterocycles. The molecule has 1 atom stereocenters. The van der Waals surface area contributed by atoms with E-state index in [-0.39, 0.29) is 28.5 Å². The molecule has 1 unspecified atom stereocenters. The Bertz CT molecular complexity index is 1490. The van der Waals surface area contributed by atoms with Crippen LogP contribution in [0.4, 0.5) is 0 Å². The molecule has 0 spiro atoms. The Morgan fingerprint density at radius 2 is 1.08 bits per heavy atom. The van der Waals surface area contributed by atoms with Gasteiger partial charge in [0, 0.05) is 22.3 Å². The molecule has 4 aromatic carbocycles. The molecule has 1 N–H and O–H groups in total. The zero-order valence-corrected chi connectivity index (χ0v) is 21.8. The van der Waals surface area contributed by atoms with Crippen LogP contribution in [-0.2, 0) is 9.98 Å². The smallest absolute Gasteiger partial charge is 0.395 e. The SMILES string of the molecule is CCC1(c2ccc(C(=O)c3ccc(OP(=O)(O)Oc4ccc(C(=O)c5ccccc5)cc4)cc3)cc2)CC1. The lowest BCUT2D eigenvalue weighted by Crippen LogP contribution is -2.06.